The summed E-state index contributed by atoms with van der Waals surface area (Å²) in [5.41, 5.74) is 6.63. The minimum atomic E-state index is -5.01. The van der Waals surface area contributed by atoms with Crippen LogP contribution in [0.25, 0.3) is 10.6 Å². The van der Waals surface area contributed by atoms with Crippen molar-refractivity contribution in [3.8, 4) is 10.6 Å². The molecule has 34 heavy (non-hydrogen) atoms. The number of carbonyl (C=O) groups excluding carboxylic acids is 2. The quantitative estimate of drug-likeness (QED) is 0.438. The fourth-order valence-corrected chi connectivity index (χ4v) is 3.69. The number of nitrogens with two attached hydrogens (primary N) is 1. The maximum Gasteiger partial charge on any atom is 0.471 e. The number of nitrogens with one attached hydrogen (secondary N) is 2. The van der Waals surface area contributed by atoms with Gasteiger partial charge in [0, 0.05) is 23.5 Å². The maximum absolute atomic E-state index is 12.4. The molecular weight excluding hydrogens is 473 g/mol. The number of amides is 2. The van der Waals surface area contributed by atoms with Crippen LogP contribution >= 0.6 is 11.3 Å². The van der Waals surface area contributed by atoms with Crippen molar-refractivity contribution < 1.29 is 27.5 Å². The molecule has 0 fully saturated rings. The van der Waals surface area contributed by atoms with E-state index < -0.39 is 24.3 Å². The highest BCUT2D eigenvalue weighted by Gasteiger charge is 2.39. The normalized spacial score (nSPS) is 12.6. The van der Waals surface area contributed by atoms with Crippen LogP contribution in [0.4, 0.5) is 34.7 Å². The number of hydrogen-bond donors (Lipinski definition) is 3. The molecule has 0 saturated carbocycles. The molecule has 0 aliphatic rings. The summed E-state index contributed by atoms with van der Waals surface area (Å²) < 4.78 is 42.5. The van der Waals surface area contributed by atoms with E-state index in [9.17, 15) is 22.8 Å². The van der Waals surface area contributed by atoms with E-state index in [1.54, 1.807) is 35.6 Å². The molecule has 3 aromatic rings. The summed E-state index contributed by atoms with van der Waals surface area (Å²) in [6.45, 7) is 5.77. The number of carbonyl (C=O) groups is 2. The van der Waals surface area contributed by atoms with Crippen molar-refractivity contribution in [2.45, 2.75) is 33.1 Å². The topological polar surface area (TPSA) is 132 Å². The third kappa shape index (κ3) is 6.41. The summed E-state index contributed by atoms with van der Waals surface area (Å²) >= 11 is 0.845. The molecule has 0 radical (unpaired) electrons. The van der Waals surface area contributed by atoms with Crippen LogP contribution in [-0.4, -0.2) is 33.1 Å². The standard InChI is InChI=1S/C21H21F3N6O3S/c1-20(2,3)15(33-17(25)32)11-4-6-12(7-5-11)28-18-26-9-8-13(29-18)14-10-27-19(34-14)30-16(31)21(22,23)24/h4-10,15H,1-3H3,(H2,25,32)(H,26,28,29)(H,27,30,31). The van der Waals surface area contributed by atoms with Crippen LogP contribution in [0.15, 0.2) is 42.7 Å². The van der Waals surface area contributed by atoms with Gasteiger partial charge in [0.15, 0.2) is 5.13 Å². The monoisotopic (exact) mass is 494 g/mol. The van der Waals surface area contributed by atoms with E-state index in [-0.39, 0.29) is 16.5 Å². The molecule has 0 saturated heterocycles. The van der Waals surface area contributed by atoms with Crippen molar-refractivity contribution >= 4 is 40.1 Å². The van der Waals surface area contributed by atoms with E-state index in [4.69, 9.17) is 10.5 Å². The molecule has 1 unspecified atom stereocenters. The predicted molar refractivity (Wildman–Crippen MR) is 120 cm³/mol. The smallest absolute Gasteiger partial charge is 0.441 e. The third-order valence-electron chi connectivity index (χ3n) is 4.38. The van der Waals surface area contributed by atoms with Crippen molar-refractivity contribution in [3.63, 3.8) is 0 Å². The zero-order chi connectivity index (χ0) is 25.1. The molecule has 0 bridgehead atoms. The minimum absolute atomic E-state index is 0.201. The van der Waals surface area contributed by atoms with Gasteiger partial charge < -0.3 is 15.8 Å². The number of primary amides is 1. The molecule has 2 heterocycles. The van der Waals surface area contributed by atoms with Gasteiger partial charge in [-0.1, -0.05) is 44.2 Å². The number of ether oxygens (including phenoxy) is 1. The Labute approximate surface area is 196 Å². The van der Waals surface area contributed by atoms with E-state index in [0.29, 0.717) is 16.3 Å². The van der Waals surface area contributed by atoms with E-state index in [2.05, 4.69) is 20.3 Å². The number of nitrogens with zero attached hydrogens (tertiary/aromatic N) is 3. The van der Waals surface area contributed by atoms with Crippen molar-refractivity contribution in [1.82, 2.24) is 15.0 Å². The van der Waals surface area contributed by atoms with Gasteiger partial charge in [0.1, 0.15) is 6.10 Å². The fourth-order valence-electron chi connectivity index (χ4n) is 2.91. The predicted octanol–water partition coefficient (Wildman–Crippen LogP) is 5.03. The van der Waals surface area contributed by atoms with Gasteiger partial charge in [0.25, 0.3) is 0 Å². The summed E-state index contributed by atoms with van der Waals surface area (Å²) in [4.78, 5) is 35.1. The first-order valence-electron chi connectivity index (χ1n) is 9.83. The Kier molecular flexibility index (Phi) is 7.05. The summed E-state index contributed by atoms with van der Waals surface area (Å²) in [5.74, 6) is -1.86. The first-order valence-corrected chi connectivity index (χ1v) is 10.6. The van der Waals surface area contributed by atoms with Gasteiger partial charge in [-0.15, -0.1) is 0 Å². The highest BCUT2D eigenvalue weighted by atomic mass is 32.1. The SMILES string of the molecule is CC(C)(C)C(OC(N)=O)c1ccc(Nc2nccc(-c3cnc(NC(=O)C(F)(F)F)s3)n2)cc1. The molecule has 9 nitrogen and oxygen atoms in total. The van der Waals surface area contributed by atoms with E-state index in [1.807, 2.05) is 20.8 Å². The molecular formula is C21H21F3N6O3S. The first kappa shape index (κ1) is 24.9. The number of anilines is 3. The molecule has 2 aromatic heterocycles. The summed E-state index contributed by atoms with van der Waals surface area (Å²) in [6, 6.07) is 8.64. The lowest BCUT2D eigenvalue weighted by Crippen LogP contribution is -2.29. The third-order valence-corrected chi connectivity index (χ3v) is 5.32. The Morgan fingerprint density at radius 1 is 1.09 bits per heavy atom. The summed E-state index contributed by atoms with van der Waals surface area (Å²) in [7, 11) is 0. The lowest BCUT2D eigenvalue weighted by molar-refractivity contribution is -0.167. The fraction of sp³-hybridized carbons (Fsp3) is 0.286. The molecule has 180 valence electrons. The highest BCUT2D eigenvalue weighted by Crippen LogP contribution is 2.36. The Morgan fingerprint density at radius 2 is 1.76 bits per heavy atom. The van der Waals surface area contributed by atoms with Crippen LogP contribution in [0.2, 0.25) is 0 Å². The average molecular weight is 494 g/mol. The van der Waals surface area contributed by atoms with Gasteiger partial charge >= 0.3 is 18.2 Å². The molecule has 3 rings (SSSR count). The van der Waals surface area contributed by atoms with E-state index >= 15 is 0 Å². The first-order chi connectivity index (χ1) is 15.8. The lowest BCUT2D eigenvalue weighted by Gasteiger charge is -2.30. The van der Waals surface area contributed by atoms with Crippen LogP contribution in [0.3, 0.4) is 0 Å². The summed E-state index contributed by atoms with van der Waals surface area (Å²) in [6.07, 6.45) is -3.63. The van der Waals surface area contributed by atoms with Gasteiger partial charge in [0.2, 0.25) is 5.95 Å². The number of hydrogen-bond acceptors (Lipinski definition) is 8. The molecule has 0 aliphatic heterocycles. The van der Waals surface area contributed by atoms with Crippen LogP contribution in [0, 0.1) is 5.41 Å². The largest absolute Gasteiger partial charge is 0.471 e. The second kappa shape index (κ2) is 9.63. The molecule has 1 aromatic carbocycles. The molecule has 1 atom stereocenters. The van der Waals surface area contributed by atoms with Crippen molar-refractivity contribution in [3.05, 3.63) is 48.3 Å². The Morgan fingerprint density at radius 3 is 2.35 bits per heavy atom. The molecule has 4 N–H and O–H groups in total. The zero-order valence-corrected chi connectivity index (χ0v) is 19.1. The number of alkyl halides is 3. The van der Waals surface area contributed by atoms with Crippen LogP contribution in [-0.2, 0) is 9.53 Å². The Balaban J connectivity index is 1.74. The van der Waals surface area contributed by atoms with Crippen molar-refractivity contribution in [2.75, 3.05) is 10.6 Å². The van der Waals surface area contributed by atoms with Gasteiger partial charge in [0.05, 0.1) is 10.6 Å². The average Bonchev–Trinajstić information content (AvgIpc) is 3.20. The summed E-state index contributed by atoms with van der Waals surface area (Å²) in [5, 5.41) is 4.54. The number of halogens is 3. The Hall–Kier alpha value is -3.74. The van der Waals surface area contributed by atoms with E-state index in [1.165, 1.54) is 12.4 Å². The molecule has 2 amide bonds. The van der Waals surface area contributed by atoms with Crippen LogP contribution < -0.4 is 16.4 Å². The highest BCUT2D eigenvalue weighted by molar-refractivity contribution is 7.19. The number of aromatic nitrogens is 3. The minimum Gasteiger partial charge on any atom is -0.441 e. The number of thiazole rings is 1. The second-order valence-corrected chi connectivity index (χ2v) is 9.21. The van der Waals surface area contributed by atoms with Crippen LogP contribution in [0.5, 0.6) is 0 Å². The lowest BCUT2D eigenvalue weighted by atomic mass is 9.84. The van der Waals surface area contributed by atoms with Gasteiger partial charge in [-0.3, -0.25) is 10.1 Å². The van der Waals surface area contributed by atoms with Gasteiger partial charge in [-0.25, -0.2) is 19.7 Å². The van der Waals surface area contributed by atoms with Crippen molar-refractivity contribution in [2.24, 2.45) is 11.1 Å². The van der Waals surface area contributed by atoms with E-state index in [0.717, 1.165) is 16.9 Å². The number of benzene rings is 1. The zero-order valence-electron chi connectivity index (χ0n) is 18.3. The second-order valence-electron chi connectivity index (χ2n) is 8.18. The molecule has 0 aliphatic carbocycles. The maximum atomic E-state index is 12.4. The van der Waals surface area contributed by atoms with Gasteiger partial charge in [-0.2, -0.15) is 13.2 Å². The van der Waals surface area contributed by atoms with Gasteiger partial charge in [-0.05, 0) is 23.8 Å². The van der Waals surface area contributed by atoms with Crippen LogP contribution in [0.1, 0.15) is 32.4 Å². The molecule has 13 heteroatoms. The molecule has 0 spiro atoms. The number of rotatable bonds is 6. The Bertz CT molecular complexity index is 1180. The van der Waals surface area contributed by atoms with Crippen molar-refractivity contribution in [1.29, 1.82) is 0 Å².